The smallest absolute Gasteiger partial charge is 0.223 e. The van der Waals surface area contributed by atoms with Gasteiger partial charge in [-0.15, -0.1) is 0 Å². The number of aromatic nitrogens is 3. The molecule has 30 heavy (non-hydrogen) atoms. The van der Waals surface area contributed by atoms with Gasteiger partial charge in [0.15, 0.2) is 5.13 Å². The maximum atomic E-state index is 6.30. The summed E-state index contributed by atoms with van der Waals surface area (Å²) in [6.07, 6.45) is 10.6. The molecule has 156 valence electrons. The minimum atomic E-state index is 0.484. The summed E-state index contributed by atoms with van der Waals surface area (Å²) in [7, 11) is 0. The van der Waals surface area contributed by atoms with Crippen LogP contribution < -0.4 is 10.2 Å². The molecule has 0 amide bonds. The van der Waals surface area contributed by atoms with Crippen LogP contribution >= 0.6 is 22.9 Å². The monoisotopic (exact) mass is 439 g/mol. The van der Waals surface area contributed by atoms with Gasteiger partial charge in [0.25, 0.3) is 0 Å². The molecule has 7 heteroatoms. The first-order valence-corrected chi connectivity index (χ1v) is 12.1. The fourth-order valence-corrected chi connectivity index (χ4v) is 5.64. The van der Waals surface area contributed by atoms with Crippen LogP contribution in [0.4, 0.5) is 11.1 Å². The minimum Gasteiger partial charge on any atom is -0.351 e. The molecule has 0 atom stereocenters. The Hall–Kier alpha value is -2.18. The maximum Gasteiger partial charge on any atom is 0.223 e. The summed E-state index contributed by atoms with van der Waals surface area (Å²) < 4.78 is 0. The van der Waals surface area contributed by atoms with E-state index in [-0.39, 0.29) is 0 Å². The molecule has 2 fully saturated rings. The van der Waals surface area contributed by atoms with Crippen LogP contribution in [0.2, 0.25) is 5.02 Å². The highest BCUT2D eigenvalue weighted by atomic mass is 35.5. The lowest BCUT2D eigenvalue weighted by molar-refractivity contribution is 0.577. The Morgan fingerprint density at radius 1 is 1.00 bits per heavy atom. The Bertz CT molecular complexity index is 1010. The highest BCUT2D eigenvalue weighted by molar-refractivity contribution is 7.19. The van der Waals surface area contributed by atoms with E-state index in [1.165, 1.54) is 44.9 Å². The van der Waals surface area contributed by atoms with E-state index in [1.54, 1.807) is 11.3 Å². The molecule has 3 aromatic rings. The topological polar surface area (TPSA) is 53.9 Å². The van der Waals surface area contributed by atoms with Crippen LogP contribution in [0.15, 0.2) is 36.5 Å². The van der Waals surface area contributed by atoms with Crippen molar-refractivity contribution in [2.75, 3.05) is 23.3 Å². The second-order valence-corrected chi connectivity index (χ2v) is 9.54. The standard InChI is InChI=1S/C23H26ClN5S/c24-17-8-6-7-16(15-17)20-21(30-23(28-20)29-13-4-1-5-14-29)19-11-12-25-22(27-19)26-18-9-2-3-10-18/h6-8,11-12,15,18H,1-5,9-10,13-14H2,(H,25,26,27). The van der Waals surface area contributed by atoms with E-state index >= 15 is 0 Å². The van der Waals surface area contributed by atoms with Crippen molar-refractivity contribution in [1.82, 2.24) is 15.0 Å². The molecule has 0 spiro atoms. The van der Waals surface area contributed by atoms with Gasteiger partial charge in [-0.1, -0.05) is 47.9 Å². The molecule has 0 unspecified atom stereocenters. The number of rotatable bonds is 5. The Morgan fingerprint density at radius 2 is 1.83 bits per heavy atom. The van der Waals surface area contributed by atoms with Crippen molar-refractivity contribution in [2.45, 2.75) is 51.0 Å². The van der Waals surface area contributed by atoms with Crippen LogP contribution in [-0.4, -0.2) is 34.1 Å². The predicted octanol–water partition coefficient (Wildman–Crippen LogP) is 6.27. The summed E-state index contributed by atoms with van der Waals surface area (Å²) in [5.41, 5.74) is 2.90. The number of nitrogens with zero attached hydrogens (tertiary/aromatic N) is 4. The predicted molar refractivity (Wildman–Crippen MR) is 126 cm³/mol. The lowest BCUT2D eigenvalue weighted by atomic mass is 10.1. The number of thiazole rings is 1. The lowest BCUT2D eigenvalue weighted by Gasteiger charge is -2.25. The molecule has 1 aliphatic heterocycles. The molecule has 1 aromatic carbocycles. The van der Waals surface area contributed by atoms with Crippen LogP contribution in [0.3, 0.4) is 0 Å². The Labute approximate surface area is 186 Å². The zero-order valence-corrected chi connectivity index (χ0v) is 18.6. The van der Waals surface area contributed by atoms with Crippen molar-refractivity contribution in [3.05, 3.63) is 41.6 Å². The number of halogens is 1. The van der Waals surface area contributed by atoms with Gasteiger partial charge >= 0.3 is 0 Å². The molecule has 1 saturated heterocycles. The fourth-order valence-electron chi connectivity index (χ4n) is 4.34. The number of hydrogen-bond donors (Lipinski definition) is 1. The normalized spacial score (nSPS) is 17.4. The van der Waals surface area contributed by atoms with Gasteiger partial charge in [-0.2, -0.15) is 0 Å². The first-order valence-electron chi connectivity index (χ1n) is 10.9. The van der Waals surface area contributed by atoms with Gasteiger partial charge in [-0.05, 0) is 50.3 Å². The molecular weight excluding hydrogens is 414 g/mol. The zero-order valence-electron chi connectivity index (χ0n) is 17.0. The first kappa shape index (κ1) is 19.8. The average molecular weight is 440 g/mol. The number of hydrogen-bond acceptors (Lipinski definition) is 6. The van der Waals surface area contributed by atoms with Crippen LogP contribution in [-0.2, 0) is 0 Å². The second-order valence-electron chi connectivity index (χ2n) is 8.12. The summed E-state index contributed by atoms with van der Waals surface area (Å²) in [6, 6.07) is 10.4. The van der Waals surface area contributed by atoms with Crippen LogP contribution in [0.1, 0.15) is 44.9 Å². The number of piperidine rings is 1. The van der Waals surface area contributed by atoms with E-state index in [9.17, 15) is 0 Å². The van der Waals surface area contributed by atoms with Crippen molar-refractivity contribution in [3.63, 3.8) is 0 Å². The molecule has 0 bridgehead atoms. The minimum absolute atomic E-state index is 0.484. The zero-order chi connectivity index (χ0) is 20.3. The molecule has 5 nitrogen and oxygen atoms in total. The first-order chi connectivity index (χ1) is 14.8. The summed E-state index contributed by atoms with van der Waals surface area (Å²) in [5.74, 6) is 0.712. The third-order valence-electron chi connectivity index (χ3n) is 5.92. The number of nitrogens with one attached hydrogen (secondary N) is 1. The average Bonchev–Trinajstić information content (AvgIpc) is 3.45. The maximum absolute atomic E-state index is 6.30. The van der Waals surface area contributed by atoms with Gasteiger partial charge in [0.1, 0.15) is 0 Å². The van der Waals surface area contributed by atoms with Crippen molar-refractivity contribution < 1.29 is 0 Å². The summed E-state index contributed by atoms with van der Waals surface area (Å²) in [6.45, 7) is 2.14. The van der Waals surface area contributed by atoms with E-state index in [1.807, 2.05) is 30.5 Å². The third kappa shape index (κ3) is 4.30. The van der Waals surface area contributed by atoms with Gasteiger partial charge in [0, 0.05) is 35.9 Å². The van der Waals surface area contributed by atoms with Crippen LogP contribution in [0.5, 0.6) is 0 Å². The van der Waals surface area contributed by atoms with Crippen molar-refractivity contribution >= 4 is 34.0 Å². The molecule has 2 aliphatic rings. The molecule has 0 radical (unpaired) electrons. The fraction of sp³-hybridized carbons (Fsp3) is 0.435. The largest absolute Gasteiger partial charge is 0.351 e. The van der Waals surface area contributed by atoms with Crippen LogP contribution in [0.25, 0.3) is 21.8 Å². The SMILES string of the molecule is Clc1cccc(-c2nc(N3CCCCC3)sc2-c2ccnc(NC3CCCC3)n2)c1. The van der Waals surface area contributed by atoms with Gasteiger partial charge in [0.2, 0.25) is 5.95 Å². The molecule has 1 N–H and O–H groups in total. The molecule has 5 rings (SSSR count). The summed E-state index contributed by atoms with van der Waals surface area (Å²) in [5, 5.41) is 5.31. The highest BCUT2D eigenvalue weighted by Crippen LogP contribution is 2.41. The van der Waals surface area contributed by atoms with E-state index in [2.05, 4.69) is 21.3 Å². The molecule has 1 saturated carbocycles. The Kier molecular flexibility index (Phi) is 5.86. The van der Waals surface area contributed by atoms with E-state index in [4.69, 9.17) is 21.6 Å². The highest BCUT2D eigenvalue weighted by Gasteiger charge is 2.22. The molecule has 1 aliphatic carbocycles. The lowest BCUT2D eigenvalue weighted by Crippen LogP contribution is -2.29. The third-order valence-corrected chi connectivity index (χ3v) is 7.29. The number of benzene rings is 1. The number of anilines is 2. The van der Waals surface area contributed by atoms with E-state index in [0.717, 1.165) is 45.1 Å². The van der Waals surface area contributed by atoms with Gasteiger partial charge in [0.05, 0.1) is 16.3 Å². The Balaban J connectivity index is 1.53. The second kappa shape index (κ2) is 8.90. The van der Waals surface area contributed by atoms with Gasteiger partial charge in [-0.3, -0.25) is 0 Å². The van der Waals surface area contributed by atoms with Gasteiger partial charge in [-0.25, -0.2) is 15.0 Å². The quantitative estimate of drug-likeness (QED) is 0.508. The Morgan fingerprint density at radius 3 is 2.63 bits per heavy atom. The summed E-state index contributed by atoms with van der Waals surface area (Å²) >= 11 is 8.02. The van der Waals surface area contributed by atoms with Crippen LogP contribution in [0, 0.1) is 0 Å². The van der Waals surface area contributed by atoms with Crippen molar-refractivity contribution in [3.8, 4) is 21.8 Å². The molecule has 2 aromatic heterocycles. The summed E-state index contributed by atoms with van der Waals surface area (Å²) in [4.78, 5) is 17.9. The molecule has 3 heterocycles. The van der Waals surface area contributed by atoms with E-state index < -0.39 is 0 Å². The molecular formula is C23H26ClN5S. The van der Waals surface area contributed by atoms with E-state index in [0.29, 0.717) is 12.0 Å². The van der Waals surface area contributed by atoms with Crippen molar-refractivity contribution in [2.24, 2.45) is 0 Å². The van der Waals surface area contributed by atoms with Crippen molar-refractivity contribution in [1.29, 1.82) is 0 Å². The van der Waals surface area contributed by atoms with Gasteiger partial charge < -0.3 is 10.2 Å².